The molecule has 0 aliphatic rings. The molecule has 0 saturated carbocycles. The van der Waals surface area contributed by atoms with Gasteiger partial charge in [-0.3, -0.25) is 0 Å². The quantitative estimate of drug-likeness (QED) is 0.580. The Morgan fingerprint density at radius 1 is 1.50 bits per heavy atom. The molecule has 14 heavy (non-hydrogen) atoms. The monoisotopic (exact) mass is 202 g/mol. The zero-order valence-corrected chi connectivity index (χ0v) is 7.95. The lowest BCUT2D eigenvalue weighted by atomic mass is 10.3. The Kier molecular flexibility index (Phi) is 3.42. The Bertz CT molecular complexity index is 442. The van der Waals surface area contributed by atoms with Crippen molar-refractivity contribution in [2.75, 3.05) is 0 Å². The van der Waals surface area contributed by atoms with Gasteiger partial charge in [-0.05, 0) is 16.8 Å². The smallest absolute Gasteiger partial charge is 0.174 e. The number of nitriles is 2. The van der Waals surface area contributed by atoms with Gasteiger partial charge >= 0.3 is 0 Å². The highest BCUT2D eigenvalue weighted by Gasteiger charge is 1.98. The topological polar surface area (TPSA) is 86.0 Å². The standard InChI is InChI=1S/C9H6N4S/c10-3-8(12)9(4-11)13-5-7-1-2-14-6-7/h1-2,5-6H,12H2/b9-8-,13-5?. The molecule has 0 atom stereocenters. The van der Waals surface area contributed by atoms with Gasteiger partial charge in [0, 0.05) is 11.8 Å². The summed E-state index contributed by atoms with van der Waals surface area (Å²) >= 11 is 1.53. The van der Waals surface area contributed by atoms with Crippen molar-refractivity contribution in [1.29, 1.82) is 10.5 Å². The van der Waals surface area contributed by atoms with E-state index in [9.17, 15) is 0 Å². The van der Waals surface area contributed by atoms with Crippen molar-refractivity contribution in [1.82, 2.24) is 0 Å². The number of hydrogen-bond donors (Lipinski definition) is 1. The molecule has 0 radical (unpaired) electrons. The van der Waals surface area contributed by atoms with Crippen LogP contribution in [-0.2, 0) is 0 Å². The van der Waals surface area contributed by atoms with Crippen molar-refractivity contribution in [3.63, 3.8) is 0 Å². The summed E-state index contributed by atoms with van der Waals surface area (Å²) in [7, 11) is 0. The zero-order valence-electron chi connectivity index (χ0n) is 7.14. The predicted molar refractivity (Wildman–Crippen MR) is 54.4 cm³/mol. The average Bonchev–Trinajstić information content (AvgIpc) is 2.71. The van der Waals surface area contributed by atoms with Crippen molar-refractivity contribution in [3.05, 3.63) is 33.8 Å². The molecule has 1 heterocycles. The molecular formula is C9H6N4S. The van der Waals surface area contributed by atoms with E-state index in [4.69, 9.17) is 16.3 Å². The molecule has 0 unspecified atom stereocenters. The molecule has 1 aromatic rings. The van der Waals surface area contributed by atoms with Crippen LogP contribution in [0.25, 0.3) is 0 Å². The van der Waals surface area contributed by atoms with Gasteiger partial charge in [0.2, 0.25) is 0 Å². The Labute approximate surface area is 85.2 Å². The first-order valence-corrected chi connectivity index (χ1v) is 4.58. The molecule has 1 rings (SSSR count). The highest BCUT2D eigenvalue weighted by molar-refractivity contribution is 7.08. The van der Waals surface area contributed by atoms with Crippen molar-refractivity contribution >= 4 is 17.6 Å². The van der Waals surface area contributed by atoms with E-state index in [-0.39, 0.29) is 11.4 Å². The number of aliphatic imine (C=N–C) groups is 1. The van der Waals surface area contributed by atoms with E-state index in [1.165, 1.54) is 17.6 Å². The van der Waals surface area contributed by atoms with E-state index in [1.807, 2.05) is 16.8 Å². The van der Waals surface area contributed by atoms with Gasteiger partial charge in [-0.1, -0.05) is 0 Å². The number of nitrogens with two attached hydrogens (primary N) is 1. The van der Waals surface area contributed by atoms with Crippen LogP contribution in [0, 0.1) is 22.7 Å². The van der Waals surface area contributed by atoms with Crippen LogP contribution in [0.5, 0.6) is 0 Å². The number of rotatable bonds is 2. The molecule has 5 heteroatoms. The second-order valence-electron chi connectivity index (χ2n) is 2.30. The summed E-state index contributed by atoms with van der Waals surface area (Å²) in [5, 5.41) is 20.8. The predicted octanol–water partition coefficient (Wildman–Crippen LogP) is 1.38. The molecule has 0 aliphatic heterocycles. The largest absolute Gasteiger partial charge is 0.388 e. The summed E-state index contributed by atoms with van der Waals surface area (Å²) < 4.78 is 0. The van der Waals surface area contributed by atoms with E-state index in [0.29, 0.717) is 0 Å². The van der Waals surface area contributed by atoms with Crippen LogP contribution in [0.3, 0.4) is 0 Å². The maximum atomic E-state index is 8.61. The molecule has 2 N–H and O–H groups in total. The maximum Gasteiger partial charge on any atom is 0.174 e. The first-order chi connectivity index (χ1) is 6.77. The fraction of sp³-hybridized carbons (Fsp3) is 0. The van der Waals surface area contributed by atoms with E-state index >= 15 is 0 Å². The van der Waals surface area contributed by atoms with Crippen LogP contribution in [0.2, 0.25) is 0 Å². The Morgan fingerprint density at radius 3 is 2.79 bits per heavy atom. The van der Waals surface area contributed by atoms with Gasteiger partial charge < -0.3 is 5.73 Å². The van der Waals surface area contributed by atoms with E-state index in [0.717, 1.165) is 5.56 Å². The molecule has 0 aliphatic carbocycles. The normalized spacial score (nSPS) is 11.9. The zero-order chi connectivity index (χ0) is 10.4. The summed E-state index contributed by atoms with van der Waals surface area (Å²) in [4.78, 5) is 3.81. The third-order valence-corrected chi connectivity index (χ3v) is 2.07. The average molecular weight is 202 g/mol. The van der Waals surface area contributed by atoms with Crippen LogP contribution in [0.15, 0.2) is 33.2 Å². The van der Waals surface area contributed by atoms with Gasteiger partial charge in [-0.2, -0.15) is 21.9 Å². The molecule has 0 bridgehead atoms. The molecule has 0 amide bonds. The van der Waals surface area contributed by atoms with E-state index in [1.54, 1.807) is 12.1 Å². The lowest BCUT2D eigenvalue weighted by Crippen LogP contribution is -1.97. The van der Waals surface area contributed by atoms with Crippen LogP contribution >= 0.6 is 11.3 Å². The number of allylic oxidation sites excluding steroid dienone is 2. The number of nitrogens with zero attached hydrogens (tertiary/aromatic N) is 3. The summed E-state index contributed by atoms with van der Waals surface area (Å²) in [6.45, 7) is 0. The Balaban J connectivity index is 2.89. The molecule has 0 aromatic carbocycles. The first kappa shape index (κ1) is 9.97. The number of hydrogen-bond acceptors (Lipinski definition) is 5. The Morgan fingerprint density at radius 2 is 2.29 bits per heavy atom. The van der Waals surface area contributed by atoms with Crippen molar-refractivity contribution in [2.45, 2.75) is 0 Å². The van der Waals surface area contributed by atoms with Crippen molar-refractivity contribution < 1.29 is 0 Å². The fourth-order valence-electron chi connectivity index (χ4n) is 0.699. The second kappa shape index (κ2) is 4.80. The minimum absolute atomic E-state index is 0.0568. The lowest BCUT2D eigenvalue weighted by Gasteiger charge is -1.88. The Hall–Kier alpha value is -2.11. The molecule has 68 valence electrons. The molecule has 4 nitrogen and oxygen atoms in total. The lowest BCUT2D eigenvalue weighted by molar-refractivity contribution is 1.27. The fourth-order valence-corrected chi connectivity index (χ4v) is 1.31. The number of thiophene rings is 1. The summed E-state index contributed by atoms with van der Waals surface area (Å²) in [5.74, 6) is 0. The summed E-state index contributed by atoms with van der Waals surface area (Å²) in [5.41, 5.74) is 5.91. The van der Waals surface area contributed by atoms with Crippen molar-refractivity contribution in [3.8, 4) is 12.1 Å². The molecule has 0 fully saturated rings. The van der Waals surface area contributed by atoms with Gasteiger partial charge in [0.1, 0.15) is 17.8 Å². The van der Waals surface area contributed by atoms with Gasteiger partial charge in [0.05, 0.1) is 0 Å². The van der Waals surface area contributed by atoms with Crippen LogP contribution in [0.1, 0.15) is 5.56 Å². The van der Waals surface area contributed by atoms with Crippen LogP contribution in [-0.4, -0.2) is 6.21 Å². The van der Waals surface area contributed by atoms with Gasteiger partial charge in [0.15, 0.2) is 5.70 Å². The van der Waals surface area contributed by atoms with E-state index in [2.05, 4.69) is 4.99 Å². The minimum atomic E-state index is -0.168. The SMILES string of the molecule is N#C/C(N)=C(\C#N)N=Cc1ccsc1. The summed E-state index contributed by atoms with van der Waals surface area (Å²) in [6.07, 6.45) is 1.50. The highest BCUT2D eigenvalue weighted by Crippen LogP contribution is 2.04. The highest BCUT2D eigenvalue weighted by atomic mass is 32.1. The third kappa shape index (κ3) is 2.44. The molecule has 1 aromatic heterocycles. The second-order valence-corrected chi connectivity index (χ2v) is 3.08. The minimum Gasteiger partial charge on any atom is -0.388 e. The van der Waals surface area contributed by atoms with Crippen LogP contribution in [0.4, 0.5) is 0 Å². The molecular weight excluding hydrogens is 196 g/mol. The van der Waals surface area contributed by atoms with Gasteiger partial charge in [-0.15, -0.1) is 0 Å². The van der Waals surface area contributed by atoms with E-state index < -0.39 is 0 Å². The third-order valence-electron chi connectivity index (χ3n) is 1.37. The molecule has 0 saturated heterocycles. The first-order valence-electron chi connectivity index (χ1n) is 3.64. The van der Waals surface area contributed by atoms with Crippen molar-refractivity contribution in [2.24, 2.45) is 10.7 Å². The van der Waals surface area contributed by atoms with Gasteiger partial charge in [0.25, 0.3) is 0 Å². The molecule has 0 spiro atoms. The van der Waals surface area contributed by atoms with Gasteiger partial charge in [-0.25, -0.2) is 4.99 Å². The van der Waals surface area contributed by atoms with Crippen LogP contribution < -0.4 is 5.73 Å². The summed E-state index contributed by atoms with van der Waals surface area (Å²) in [6, 6.07) is 5.28. The maximum absolute atomic E-state index is 8.61.